The fourth-order valence-corrected chi connectivity index (χ4v) is 2.28. The number of carboxylic acid groups (broad SMARTS) is 1. The van der Waals surface area contributed by atoms with Crippen LogP contribution in [0.3, 0.4) is 0 Å². The van der Waals surface area contributed by atoms with Crippen molar-refractivity contribution < 1.29 is 14.3 Å². The third-order valence-corrected chi connectivity index (χ3v) is 3.35. The number of halogens is 1. The molecule has 3 rings (SSSR count). The Morgan fingerprint density at radius 2 is 2.09 bits per heavy atom. The van der Waals surface area contributed by atoms with E-state index in [1.54, 1.807) is 25.1 Å². The molecular weight excluding hydrogens is 301 g/mol. The topological polar surface area (TPSA) is 83.7 Å². The zero-order chi connectivity index (χ0) is 16.6. The van der Waals surface area contributed by atoms with Gasteiger partial charge in [-0.15, -0.1) is 0 Å². The predicted molar refractivity (Wildman–Crippen MR) is 82.8 cm³/mol. The molecule has 0 aliphatic heterocycles. The Labute approximate surface area is 129 Å². The number of carbonyl (C=O) groups is 1. The van der Waals surface area contributed by atoms with Crippen molar-refractivity contribution in [2.45, 2.75) is 6.92 Å². The van der Waals surface area contributed by atoms with Crippen LogP contribution in [-0.2, 0) is 0 Å². The summed E-state index contributed by atoms with van der Waals surface area (Å²) in [6.45, 7) is 1.76. The summed E-state index contributed by atoms with van der Waals surface area (Å²) in [7, 11) is 0. The van der Waals surface area contributed by atoms with Crippen molar-refractivity contribution in [1.82, 2.24) is 9.38 Å². The average Bonchev–Trinajstić information content (AvgIpc) is 2.48. The normalized spacial score (nSPS) is 10.7. The second kappa shape index (κ2) is 5.53. The van der Waals surface area contributed by atoms with Crippen LogP contribution in [0.1, 0.15) is 15.9 Å². The maximum atomic E-state index is 13.3. The first kappa shape index (κ1) is 14.7. The van der Waals surface area contributed by atoms with Gasteiger partial charge in [-0.3, -0.25) is 9.20 Å². The van der Waals surface area contributed by atoms with Crippen molar-refractivity contribution >= 4 is 23.1 Å². The summed E-state index contributed by atoms with van der Waals surface area (Å²) in [4.78, 5) is 28.1. The highest BCUT2D eigenvalue weighted by molar-refractivity contribution is 5.94. The first-order valence-corrected chi connectivity index (χ1v) is 6.75. The summed E-state index contributed by atoms with van der Waals surface area (Å²) in [5.74, 6) is -2.01. The minimum atomic E-state index is -1.41. The number of nitrogens with one attached hydrogen (secondary N) is 1. The fourth-order valence-electron chi connectivity index (χ4n) is 2.28. The number of hydrogen-bond donors (Lipinski definition) is 2. The highest BCUT2D eigenvalue weighted by Gasteiger charge is 2.20. The molecule has 0 aliphatic rings. The number of fused-ring (bicyclic) bond motifs is 1. The van der Waals surface area contributed by atoms with Crippen LogP contribution in [0.5, 0.6) is 0 Å². The molecule has 0 bridgehead atoms. The number of rotatable bonds is 3. The van der Waals surface area contributed by atoms with Gasteiger partial charge in [0.05, 0.1) is 0 Å². The highest BCUT2D eigenvalue weighted by Crippen LogP contribution is 2.19. The zero-order valence-electron chi connectivity index (χ0n) is 12.1. The van der Waals surface area contributed by atoms with Gasteiger partial charge in [0.15, 0.2) is 11.4 Å². The van der Waals surface area contributed by atoms with Crippen molar-refractivity contribution in [1.29, 1.82) is 0 Å². The maximum absolute atomic E-state index is 13.3. The zero-order valence-corrected chi connectivity index (χ0v) is 12.1. The minimum Gasteiger partial charge on any atom is -0.477 e. The number of anilines is 2. The van der Waals surface area contributed by atoms with Gasteiger partial charge in [-0.2, -0.15) is 0 Å². The van der Waals surface area contributed by atoms with Crippen molar-refractivity contribution in [2.24, 2.45) is 0 Å². The number of pyridine rings is 1. The van der Waals surface area contributed by atoms with E-state index in [1.165, 1.54) is 28.8 Å². The van der Waals surface area contributed by atoms with Crippen LogP contribution in [0.2, 0.25) is 0 Å². The van der Waals surface area contributed by atoms with Gasteiger partial charge in [0.1, 0.15) is 11.5 Å². The number of aromatic nitrogens is 2. The minimum absolute atomic E-state index is 0.123. The Balaban J connectivity index is 2.26. The Hall–Kier alpha value is -3.22. The van der Waals surface area contributed by atoms with Gasteiger partial charge in [-0.1, -0.05) is 12.1 Å². The summed E-state index contributed by atoms with van der Waals surface area (Å²) in [5, 5.41) is 12.1. The van der Waals surface area contributed by atoms with Crippen LogP contribution >= 0.6 is 0 Å². The predicted octanol–water partition coefficient (Wildman–Crippen LogP) is 2.58. The monoisotopic (exact) mass is 313 g/mol. The molecule has 2 heterocycles. The van der Waals surface area contributed by atoms with Crippen LogP contribution in [0.15, 0.2) is 47.4 Å². The second-order valence-electron chi connectivity index (χ2n) is 4.97. The van der Waals surface area contributed by atoms with Gasteiger partial charge in [0, 0.05) is 11.9 Å². The molecular formula is C16H12FN3O3. The van der Waals surface area contributed by atoms with Crippen LogP contribution in [0.25, 0.3) is 5.65 Å². The number of benzene rings is 1. The van der Waals surface area contributed by atoms with Gasteiger partial charge in [0.2, 0.25) is 0 Å². The standard InChI is InChI=1S/C16H12FN3O3/c1-9-4-3-7-20-14(9)19-13(12(15(20)21)16(22)23)18-11-6-2-5-10(17)8-11/h2-8,18H,1H3,(H,22,23). The molecule has 0 saturated carbocycles. The average molecular weight is 313 g/mol. The van der Waals surface area contributed by atoms with Gasteiger partial charge in [-0.25, -0.2) is 14.2 Å². The lowest BCUT2D eigenvalue weighted by atomic mass is 10.2. The first-order chi connectivity index (χ1) is 11.0. The van der Waals surface area contributed by atoms with Crippen molar-refractivity contribution in [3.8, 4) is 0 Å². The lowest BCUT2D eigenvalue weighted by Crippen LogP contribution is -2.25. The molecule has 3 aromatic rings. The third-order valence-electron chi connectivity index (χ3n) is 3.35. The summed E-state index contributed by atoms with van der Waals surface area (Å²) in [5.41, 5.74) is 0.144. The summed E-state index contributed by atoms with van der Waals surface area (Å²) in [6, 6.07) is 8.86. The van der Waals surface area contributed by atoms with Crippen molar-refractivity contribution in [3.05, 3.63) is 69.9 Å². The molecule has 0 aliphatic carbocycles. The van der Waals surface area contributed by atoms with Gasteiger partial charge in [0.25, 0.3) is 5.56 Å². The molecule has 0 saturated heterocycles. The fraction of sp³-hybridized carbons (Fsp3) is 0.0625. The number of aryl methyl sites for hydroxylation is 1. The quantitative estimate of drug-likeness (QED) is 0.776. The number of hydrogen-bond acceptors (Lipinski definition) is 4. The molecule has 0 unspecified atom stereocenters. The van der Waals surface area contributed by atoms with E-state index in [2.05, 4.69) is 10.3 Å². The molecule has 7 heteroatoms. The van der Waals surface area contributed by atoms with E-state index in [4.69, 9.17) is 0 Å². The Kier molecular flexibility index (Phi) is 3.53. The summed E-state index contributed by atoms with van der Waals surface area (Å²) in [6.07, 6.45) is 1.45. The SMILES string of the molecule is Cc1cccn2c(=O)c(C(=O)O)c(Nc3cccc(F)c3)nc12. The molecule has 116 valence electrons. The van der Waals surface area contributed by atoms with Gasteiger partial charge >= 0.3 is 5.97 Å². The Morgan fingerprint density at radius 3 is 2.78 bits per heavy atom. The van der Waals surface area contributed by atoms with Crippen molar-refractivity contribution in [2.75, 3.05) is 5.32 Å². The van der Waals surface area contributed by atoms with Crippen LogP contribution < -0.4 is 10.9 Å². The Bertz CT molecular complexity index is 982. The Morgan fingerprint density at radius 1 is 1.30 bits per heavy atom. The molecule has 0 atom stereocenters. The summed E-state index contributed by atoms with van der Waals surface area (Å²) >= 11 is 0. The molecule has 6 nitrogen and oxygen atoms in total. The molecule has 0 fully saturated rings. The second-order valence-corrected chi connectivity index (χ2v) is 4.97. The molecule has 23 heavy (non-hydrogen) atoms. The number of nitrogens with zero attached hydrogens (tertiary/aromatic N) is 2. The van der Waals surface area contributed by atoms with E-state index < -0.39 is 22.9 Å². The molecule has 0 spiro atoms. The number of carboxylic acids is 1. The number of aromatic carboxylic acids is 1. The smallest absolute Gasteiger partial charge is 0.345 e. The van der Waals surface area contributed by atoms with E-state index in [1.807, 2.05) is 0 Å². The summed E-state index contributed by atoms with van der Waals surface area (Å²) < 4.78 is 14.5. The van der Waals surface area contributed by atoms with Crippen LogP contribution in [-0.4, -0.2) is 20.5 Å². The van der Waals surface area contributed by atoms with Crippen molar-refractivity contribution in [3.63, 3.8) is 0 Å². The van der Waals surface area contributed by atoms with Crippen LogP contribution in [0.4, 0.5) is 15.9 Å². The van der Waals surface area contributed by atoms with E-state index in [0.29, 0.717) is 16.9 Å². The van der Waals surface area contributed by atoms with E-state index in [9.17, 15) is 19.1 Å². The highest BCUT2D eigenvalue weighted by atomic mass is 19.1. The maximum Gasteiger partial charge on any atom is 0.345 e. The molecule has 0 amide bonds. The lowest BCUT2D eigenvalue weighted by molar-refractivity contribution is 0.0695. The molecule has 2 N–H and O–H groups in total. The molecule has 2 aromatic heterocycles. The molecule has 1 aromatic carbocycles. The van der Waals surface area contributed by atoms with Gasteiger partial charge in [-0.05, 0) is 36.8 Å². The van der Waals surface area contributed by atoms with Crippen LogP contribution in [0, 0.1) is 12.7 Å². The molecule has 0 radical (unpaired) electrons. The largest absolute Gasteiger partial charge is 0.477 e. The third kappa shape index (κ3) is 2.64. The van der Waals surface area contributed by atoms with E-state index in [0.717, 1.165) is 0 Å². The first-order valence-electron chi connectivity index (χ1n) is 6.75. The lowest BCUT2D eigenvalue weighted by Gasteiger charge is -2.11. The van der Waals surface area contributed by atoms with Gasteiger partial charge < -0.3 is 10.4 Å². The van der Waals surface area contributed by atoms with E-state index in [-0.39, 0.29) is 5.82 Å². The van der Waals surface area contributed by atoms with E-state index >= 15 is 0 Å².